The van der Waals surface area contributed by atoms with Gasteiger partial charge in [0.05, 0.1) is 11.4 Å². The van der Waals surface area contributed by atoms with Crippen LogP contribution in [0, 0.1) is 0 Å². The number of rotatable bonds is 5. The lowest BCUT2D eigenvalue weighted by Crippen LogP contribution is -2.36. The topological polar surface area (TPSA) is 18.8 Å². The number of hydrogen-bond donors (Lipinski definition) is 0. The van der Waals surface area contributed by atoms with E-state index in [1.54, 1.807) is 0 Å². The summed E-state index contributed by atoms with van der Waals surface area (Å²) < 4.78 is 0. The second-order valence-corrected chi connectivity index (χ2v) is 7.82. The van der Waals surface area contributed by atoms with Gasteiger partial charge < -0.3 is 9.80 Å². The first kappa shape index (κ1) is 17.6. The molecule has 0 saturated carbocycles. The molecule has 4 rings (SSSR count). The van der Waals surface area contributed by atoms with Gasteiger partial charge in [0.25, 0.3) is 0 Å². The Kier molecular flexibility index (Phi) is 5.28. The highest BCUT2D eigenvalue weighted by Gasteiger charge is 2.16. The lowest BCUT2D eigenvalue weighted by Gasteiger charge is -2.29. The first-order chi connectivity index (χ1) is 12.7. The molecule has 0 spiro atoms. The summed E-state index contributed by atoms with van der Waals surface area (Å²) in [6.45, 7) is 4.75. The van der Waals surface area contributed by atoms with E-state index in [1.165, 1.54) is 49.2 Å². The Morgan fingerprint density at radius 1 is 1.04 bits per heavy atom. The van der Waals surface area contributed by atoms with Gasteiger partial charge in [0.15, 0.2) is 0 Å². The third kappa shape index (κ3) is 3.94. The summed E-state index contributed by atoms with van der Waals surface area (Å²) in [4.78, 5) is 9.71. The molecule has 0 aromatic heterocycles. The Balaban J connectivity index is 1.38. The SMILES string of the molecule is CN(CCN1CCCCC1)c1ccc(C2=Nc3ccc(Cl)cc3C2)cc1. The van der Waals surface area contributed by atoms with Crippen LogP contribution in [0.2, 0.25) is 5.02 Å². The summed E-state index contributed by atoms with van der Waals surface area (Å²) in [6.07, 6.45) is 4.97. The highest BCUT2D eigenvalue weighted by Crippen LogP contribution is 2.31. The second kappa shape index (κ2) is 7.81. The van der Waals surface area contributed by atoms with Gasteiger partial charge in [0.2, 0.25) is 0 Å². The Labute approximate surface area is 161 Å². The van der Waals surface area contributed by atoms with Crippen LogP contribution in [0.25, 0.3) is 0 Å². The third-order valence-corrected chi connectivity index (χ3v) is 5.73. The fourth-order valence-corrected chi connectivity index (χ4v) is 4.04. The lowest BCUT2D eigenvalue weighted by molar-refractivity contribution is 0.234. The fourth-order valence-electron chi connectivity index (χ4n) is 3.85. The number of fused-ring (bicyclic) bond motifs is 1. The molecule has 2 aliphatic rings. The maximum Gasteiger partial charge on any atom is 0.0670 e. The van der Waals surface area contributed by atoms with Gasteiger partial charge in [-0.1, -0.05) is 30.2 Å². The molecule has 1 fully saturated rings. The van der Waals surface area contributed by atoms with Gasteiger partial charge in [-0.2, -0.15) is 0 Å². The Bertz CT molecular complexity index is 792. The minimum atomic E-state index is 0.783. The van der Waals surface area contributed by atoms with Crippen molar-refractivity contribution in [2.75, 3.05) is 38.1 Å². The predicted octanol–water partition coefficient (Wildman–Crippen LogP) is 4.94. The molecule has 2 heterocycles. The molecular weight excluding hydrogens is 342 g/mol. The molecule has 4 heteroatoms. The van der Waals surface area contributed by atoms with E-state index >= 15 is 0 Å². The maximum absolute atomic E-state index is 6.10. The van der Waals surface area contributed by atoms with E-state index in [0.717, 1.165) is 35.9 Å². The largest absolute Gasteiger partial charge is 0.373 e. The molecule has 2 aliphatic heterocycles. The molecule has 0 bridgehead atoms. The van der Waals surface area contributed by atoms with Crippen LogP contribution in [0.5, 0.6) is 0 Å². The molecule has 2 aromatic rings. The number of likely N-dealkylation sites (N-methyl/N-ethyl adjacent to an activating group) is 1. The Morgan fingerprint density at radius 2 is 1.81 bits per heavy atom. The molecule has 0 atom stereocenters. The lowest BCUT2D eigenvalue weighted by atomic mass is 10.0. The maximum atomic E-state index is 6.10. The molecule has 0 amide bonds. The highest BCUT2D eigenvalue weighted by atomic mass is 35.5. The number of anilines is 1. The summed E-state index contributed by atoms with van der Waals surface area (Å²) in [6, 6.07) is 14.8. The zero-order valence-corrected chi connectivity index (χ0v) is 16.2. The van der Waals surface area contributed by atoms with Crippen LogP contribution in [0.3, 0.4) is 0 Å². The van der Waals surface area contributed by atoms with Crippen molar-refractivity contribution in [2.45, 2.75) is 25.7 Å². The molecule has 3 nitrogen and oxygen atoms in total. The molecule has 0 radical (unpaired) electrons. The van der Waals surface area contributed by atoms with E-state index in [0.29, 0.717) is 0 Å². The summed E-state index contributed by atoms with van der Waals surface area (Å²) in [5.41, 5.74) is 5.86. The Hall–Kier alpha value is -1.84. The van der Waals surface area contributed by atoms with E-state index in [4.69, 9.17) is 16.6 Å². The van der Waals surface area contributed by atoms with Crippen molar-refractivity contribution < 1.29 is 0 Å². The quantitative estimate of drug-likeness (QED) is 0.745. The van der Waals surface area contributed by atoms with E-state index < -0.39 is 0 Å². The summed E-state index contributed by atoms with van der Waals surface area (Å²) in [5, 5.41) is 0.783. The van der Waals surface area contributed by atoms with Crippen molar-refractivity contribution in [3.63, 3.8) is 0 Å². The number of piperidine rings is 1. The summed E-state index contributed by atoms with van der Waals surface area (Å²) in [7, 11) is 2.18. The number of nitrogens with zero attached hydrogens (tertiary/aromatic N) is 3. The average Bonchev–Trinajstić information content (AvgIpc) is 3.10. The van der Waals surface area contributed by atoms with Crippen LogP contribution in [0.15, 0.2) is 47.5 Å². The van der Waals surface area contributed by atoms with Crippen LogP contribution in [0.4, 0.5) is 11.4 Å². The Morgan fingerprint density at radius 3 is 2.58 bits per heavy atom. The minimum Gasteiger partial charge on any atom is -0.373 e. The van der Waals surface area contributed by atoms with Gasteiger partial charge in [-0.05, 0) is 67.4 Å². The van der Waals surface area contributed by atoms with Gasteiger partial charge >= 0.3 is 0 Å². The smallest absolute Gasteiger partial charge is 0.0670 e. The zero-order chi connectivity index (χ0) is 17.9. The van der Waals surface area contributed by atoms with Gasteiger partial charge in [0, 0.05) is 37.3 Å². The zero-order valence-electron chi connectivity index (χ0n) is 15.4. The number of benzene rings is 2. The average molecular weight is 368 g/mol. The molecule has 2 aromatic carbocycles. The van der Waals surface area contributed by atoms with E-state index in [2.05, 4.69) is 41.1 Å². The first-order valence-corrected chi connectivity index (χ1v) is 9.97. The van der Waals surface area contributed by atoms with Crippen LogP contribution in [0.1, 0.15) is 30.4 Å². The van der Waals surface area contributed by atoms with E-state index in [9.17, 15) is 0 Å². The minimum absolute atomic E-state index is 0.783. The van der Waals surface area contributed by atoms with Crippen LogP contribution in [-0.2, 0) is 6.42 Å². The van der Waals surface area contributed by atoms with Crippen LogP contribution >= 0.6 is 11.6 Å². The molecule has 26 heavy (non-hydrogen) atoms. The van der Waals surface area contributed by atoms with Gasteiger partial charge in [0.1, 0.15) is 0 Å². The third-order valence-electron chi connectivity index (χ3n) is 5.50. The van der Waals surface area contributed by atoms with Crippen molar-refractivity contribution in [3.05, 3.63) is 58.6 Å². The number of halogens is 1. The molecule has 0 N–H and O–H groups in total. The number of likely N-dealkylation sites (tertiary alicyclic amines) is 1. The summed E-state index contributed by atoms with van der Waals surface area (Å²) >= 11 is 6.10. The molecule has 0 unspecified atom stereocenters. The summed E-state index contributed by atoms with van der Waals surface area (Å²) in [5.74, 6) is 0. The molecular formula is C22H26ClN3. The molecule has 0 aliphatic carbocycles. The molecule has 1 saturated heterocycles. The van der Waals surface area contributed by atoms with Gasteiger partial charge in [-0.25, -0.2) is 0 Å². The van der Waals surface area contributed by atoms with Crippen molar-refractivity contribution >= 4 is 28.7 Å². The highest BCUT2D eigenvalue weighted by molar-refractivity contribution is 6.30. The van der Waals surface area contributed by atoms with E-state index in [1.807, 2.05) is 18.2 Å². The number of hydrogen-bond acceptors (Lipinski definition) is 3. The van der Waals surface area contributed by atoms with Gasteiger partial charge in [-0.15, -0.1) is 0 Å². The molecule has 136 valence electrons. The second-order valence-electron chi connectivity index (χ2n) is 7.38. The van der Waals surface area contributed by atoms with Crippen LogP contribution in [-0.4, -0.2) is 43.8 Å². The van der Waals surface area contributed by atoms with Crippen molar-refractivity contribution in [3.8, 4) is 0 Å². The fraction of sp³-hybridized carbons (Fsp3) is 0.409. The normalized spacial score (nSPS) is 17.1. The van der Waals surface area contributed by atoms with Crippen molar-refractivity contribution in [1.82, 2.24) is 4.90 Å². The van der Waals surface area contributed by atoms with E-state index in [-0.39, 0.29) is 0 Å². The predicted molar refractivity (Wildman–Crippen MR) is 111 cm³/mol. The van der Waals surface area contributed by atoms with Crippen molar-refractivity contribution in [1.29, 1.82) is 0 Å². The standard InChI is InChI=1S/C22H26ClN3/c1-25(13-14-26-11-3-2-4-12-26)20-8-5-17(6-9-20)22-16-18-15-19(23)7-10-21(18)24-22/h5-10,15H,2-4,11-14,16H2,1H3. The first-order valence-electron chi connectivity index (χ1n) is 9.59. The monoisotopic (exact) mass is 367 g/mol. The van der Waals surface area contributed by atoms with Gasteiger partial charge in [-0.3, -0.25) is 4.99 Å². The van der Waals surface area contributed by atoms with Crippen molar-refractivity contribution in [2.24, 2.45) is 4.99 Å². The van der Waals surface area contributed by atoms with Crippen LogP contribution < -0.4 is 4.90 Å². The number of aliphatic imine (C=N–C) groups is 1.